The van der Waals surface area contributed by atoms with E-state index in [9.17, 15) is 0 Å². The summed E-state index contributed by atoms with van der Waals surface area (Å²) in [5.41, 5.74) is 0.997. The molecule has 5 heteroatoms. The number of hydrogen-bond donors (Lipinski definition) is 1. The summed E-state index contributed by atoms with van der Waals surface area (Å²) in [6.45, 7) is 3.12. The van der Waals surface area contributed by atoms with Gasteiger partial charge in [-0.15, -0.1) is 0 Å². The van der Waals surface area contributed by atoms with Crippen molar-refractivity contribution >= 4 is 38.5 Å². The van der Waals surface area contributed by atoms with Gasteiger partial charge in [-0.25, -0.2) is 0 Å². The summed E-state index contributed by atoms with van der Waals surface area (Å²) in [6.07, 6.45) is 0. The molecular formula is C12H15BrN2OS. The summed E-state index contributed by atoms with van der Waals surface area (Å²) in [7, 11) is 1.67. The Labute approximate surface area is 114 Å². The van der Waals surface area contributed by atoms with Crippen LogP contribution in [0, 0.1) is 5.92 Å². The van der Waals surface area contributed by atoms with E-state index < -0.39 is 0 Å². The number of benzene rings is 1. The van der Waals surface area contributed by atoms with Gasteiger partial charge in [0.2, 0.25) is 0 Å². The molecule has 0 saturated heterocycles. The van der Waals surface area contributed by atoms with Crippen LogP contribution in [0.15, 0.2) is 27.7 Å². The Bertz CT molecular complexity index is 437. The highest BCUT2D eigenvalue weighted by Crippen LogP contribution is 2.26. The number of amidine groups is 1. The lowest BCUT2D eigenvalue weighted by atomic mass is 10.2. The zero-order valence-electron chi connectivity index (χ0n) is 9.87. The molecular weight excluding hydrogens is 300 g/mol. The second-order valence-electron chi connectivity index (χ2n) is 4.07. The third kappa shape index (κ3) is 3.64. The highest BCUT2D eigenvalue weighted by Gasteiger charge is 2.12. The highest BCUT2D eigenvalue weighted by atomic mass is 79.9. The Morgan fingerprint density at radius 3 is 2.94 bits per heavy atom. The maximum Gasteiger partial charge on any atom is 0.161 e. The number of nitrogens with zero attached hydrogens (tertiary/aromatic N) is 1. The molecule has 1 atom stereocenters. The van der Waals surface area contributed by atoms with Crippen molar-refractivity contribution in [3.8, 4) is 5.75 Å². The maximum absolute atomic E-state index is 5.23. The minimum absolute atomic E-state index is 0.669. The fourth-order valence-electron chi connectivity index (χ4n) is 1.51. The van der Waals surface area contributed by atoms with Gasteiger partial charge < -0.3 is 10.1 Å². The van der Waals surface area contributed by atoms with E-state index in [0.717, 1.165) is 33.4 Å². The molecule has 0 saturated carbocycles. The molecule has 0 fully saturated rings. The molecule has 0 bridgehead atoms. The van der Waals surface area contributed by atoms with E-state index in [4.69, 9.17) is 4.74 Å². The van der Waals surface area contributed by atoms with E-state index in [-0.39, 0.29) is 0 Å². The number of methoxy groups -OCH3 is 1. The summed E-state index contributed by atoms with van der Waals surface area (Å²) in [6, 6.07) is 5.92. The molecule has 1 aliphatic heterocycles. The zero-order chi connectivity index (χ0) is 12.3. The van der Waals surface area contributed by atoms with Gasteiger partial charge in [-0.1, -0.05) is 34.6 Å². The van der Waals surface area contributed by atoms with Crippen LogP contribution in [-0.4, -0.2) is 24.6 Å². The van der Waals surface area contributed by atoms with Crippen LogP contribution in [-0.2, 0) is 0 Å². The van der Waals surface area contributed by atoms with Gasteiger partial charge in [-0.3, -0.25) is 4.99 Å². The van der Waals surface area contributed by atoms with Crippen molar-refractivity contribution in [2.24, 2.45) is 10.9 Å². The van der Waals surface area contributed by atoms with Crippen LogP contribution in [0.1, 0.15) is 6.92 Å². The number of hydrogen-bond acceptors (Lipinski definition) is 4. The molecule has 0 aliphatic carbocycles. The first-order valence-electron chi connectivity index (χ1n) is 5.46. The smallest absolute Gasteiger partial charge is 0.161 e. The number of rotatable bonds is 2. The lowest BCUT2D eigenvalue weighted by Gasteiger charge is -2.18. The predicted octanol–water partition coefficient (Wildman–Crippen LogP) is 3.61. The molecule has 0 spiro atoms. The quantitative estimate of drug-likeness (QED) is 0.905. The van der Waals surface area contributed by atoms with Crippen LogP contribution < -0.4 is 10.1 Å². The first-order chi connectivity index (χ1) is 8.17. The molecule has 1 aliphatic rings. The Kier molecular flexibility index (Phi) is 4.34. The second-order valence-corrected chi connectivity index (χ2v) is 5.99. The zero-order valence-corrected chi connectivity index (χ0v) is 12.3. The summed E-state index contributed by atoms with van der Waals surface area (Å²) < 4.78 is 6.22. The standard InChI is InChI=1S/C12H15BrN2OS/c1-8-6-14-12(17-7-8)15-10-3-9(13)4-11(5-10)16-2/h3-5,8H,6-7H2,1-2H3,(H,14,15). The van der Waals surface area contributed by atoms with Crippen LogP contribution >= 0.6 is 27.7 Å². The Hall–Kier alpha value is -0.680. The van der Waals surface area contributed by atoms with E-state index in [2.05, 4.69) is 33.2 Å². The molecule has 2 rings (SSSR count). The molecule has 0 amide bonds. The first kappa shape index (κ1) is 12.8. The molecule has 0 radical (unpaired) electrons. The summed E-state index contributed by atoms with van der Waals surface area (Å²) in [4.78, 5) is 4.50. The van der Waals surface area contributed by atoms with Crippen LogP contribution in [0.3, 0.4) is 0 Å². The van der Waals surface area contributed by atoms with Gasteiger partial charge in [0.15, 0.2) is 5.17 Å². The van der Waals surface area contributed by atoms with Gasteiger partial charge in [-0.2, -0.15) is 0 Å². The normalized spacial score (nSPS) is 19.7. The van der Waals surface area contributed by atoms with Crippen molar-refractivity contribution < 1.29 is 4.74 Å². The van der Waals surface area contributed by atoms with Crippen molar-refractivity contribution in [3.63, 3.8) is 0 Å². The van der Waals surface area contributed by atoms with E-state index in [0.29, 0.717) is 5.92 Å². The lowest BCUT2D eigenvalue weighted by molar-refractivity contribution is 0.415. The largest absolute Gasteiger partial charge is 0.497 e. The van der Waals surface area contributed by atoms with Crippen molar-refractivity contribution in [2.45, 2.75) is 6.92 Å². The Balaban J connectivity index is 2.10. The molecule has 1 aromatic rings. The number of anilines is 1. The molecule has 92 valence electrons. The van der Waals surface area contributed by atoms with Crippen LogP contribution in [0.25, 0.3) is 0 Å². The van der Waals surface area contributed by atoms with E-state index in [1.165, 1.54) is 0 Å². The molecule has 1 N–H and O–H groups in total. The van der Waals surface area contributed by atoms with Gasteiger partial charge in [0, 0.05) is 28.5 Å². The highest BCUT2D eigenvalue weighted by molar-refractivity contribution is 9.10. The number of nitrogens with one attached hydrogen (secondary N) is 1. The molecule has 0 aromatic heterocycles. The third-order valence-electron chi connectivity index (χ3n) is 2.41. The van der Waals surface area contributed by atoms with Crippen LogP contribution in [0.2, 0.25) is 0 Å². The van der Waals surface area contributed by atoms with Crippen molar-refractivity contribution in [1.82, 2.24) is 0 Å². The first-order valence-corrected chi connectivity index (χ1v) is 7.24. The molecule has 3 nitrogen and oxygen atoms in total. The minimum Gasteiger partial charge on any atom is -0.497 e. The average Bonchev–Trinajstić information content (AvgIpc) is 2.31. The molecule has 1 heterocycles. The Morgan fingerprint density at radius 2 is 2.29 bits per heavy atom. The van der Waals surface area contributed by atoms with Crippen LogP contribution in [0.4, 0.5) is 5.69 Å². The topological polar surface area (TPSA) is 33.6 Å². The average molecular weight is 315 g/mol. The summed E-state index contributed by atoms with van der Waals surface area (Å²) in [5.74, 6) is 2.62. The summed E-state index contributed by atoms with van der Waals surface area (Å²) >= 11 is 5.23. The van der Waals surface area contributed by atoms with Crippen molar-refractivity contribution in [1.29, 1.82) is 0 Å². The van der Waals surface area contributed by atoms with Crippen molar-refractivity contribution in [2.75, 3.05) is 24.7 Å². The van der Waals surface area contributed by atoms with Gasteiger partial charge in [0.05, 0.1) is 7.11 Å². The second kappa shape index (κ2) is 5.78. The maximum atomic E-state index is 5.23. The fraction of sp³-hybridized carbons (Fsp3) is 0.417. The summed E-state index contributed by atoms with van der Waals surface area (Å²) in [5, 5.41) is 4.31. The van der Waals surface area contributed by atoms with Gasteiger partial charge >= 0.3 is 0 Å². The SMILES string of the molecule is COc1cc(Br)cc(NC2=NCC(C)CS2)c1. The van der Waals surface area contributed by atoms with Gasteiger partial charge in [0.1, 0.15) is 5.75 Å². The third-order valence-corrected chi connectivity index (χ3v) is 4.11. The monoisotopic (exact) mass is 314 g/mol. The number of ether oxygens (including phenoxy) is 1. The molecule has 1 unspecified atom stereocenters. The Morgan fingerprint density at radius 1 is 1.47 bits per heavy atom. The molecule has 17 heavy (non-hydrogen) atoms. The van der Waals surface area contributed by atoms with E-state index in [1.807, 2.05) is 18.2 Å². The number of halogens is 1. The van der Waals surface area contributed by atoms with Gasteiger partial charge in [0.25, 0.3) is 0 Å². The van der Waals surface area contributed by atoms with Crippen LogP contribution in [0.5, 0.6) is 5.75 Å². The fourth-order valence-corrected chi connectivity index (χ4v) is 2.89. The lowest BCUT2D eigenvalue weighted by Crippen LogP contribution is -2.18. The van der Waals surface area contributed by atoms with Gasteiger partial charge in [-0.05, 0) is 18.1 Å². The predicted molar refractivity (Wildman–Crippen MR) is 78.2 cm³/mol. The number of aliphatic imine (C=N–C) groups is 1. The minimum atomic E-state index is 0.669. The van der Waals surface area contributed by atoms with Crippen molar-refractivity contribution in [3.05, 3.63) is 22.7 Å². The molecule has 1 aromatic carbocycles. The van der Waals surface area contributed by atoms with E-state index in [1.54, 1.807) is 18.9 Å². The number of thioether (sulfide) groups is 1. The van der Waals surface area contributed by atoms with E-state index >= 15 is 0 Å².